The summed E-state index contributed by atoms with van der Waals surface area (Å²) in [4.78, 5) is 23.7. The van der Waals surface area contributed by atoms with Crippen LogP contribution in [-0.4, -0.2) is 24.0 Å². The summed E-state index contributed by atoms with van der Waals surface area (Å²) in [6, 6.07) is 7.05. The van der Waals surface area contributed by atoms with Crippen molar-refractivity contribution >= 4 is 23.3 Å². The maximum atomic E-state index is 12.1. The van der Waals surface area contributed by atoms with E-state index in [0.717, 1.165) is 24.9 Å². The second-order valence-electron chi connectivity index (χ2n) is 6.09. The van der Waals surface area contributed by atoms with Crippen molar-refractivity contribution in [3.8, 4) is 0 Å². The molecule has 6 nitrogen and oxygen atoms in total. The van der Waals surface area contributed by atoms with Crippen LogP contribution in [0.2, 0.25) is 0 Å². The van der Waals surface area contributed by atoms with Gasteiger partial charge in [-0.2, -0.15) is 0 Å². The molecule has 22 heavy (non-hydrogen) atoms. The molecular weight excluding hydrogens is 280 g/mol. The van der Waals surface area contributed by atoms with Crippen LogP contribution in [0.5, 0.6) is 0 Å². The monoisotopic (exact) mass is 304 g/mol. The Bertz CT molecular complexity index is 527. The van der Waals surface area contributed by atoms with Gasteiger partial charge in [0.05, 0.1) is 0 Å². The van der Waals surface area contributed by atoms with E-state index in [1.807, 2.05) is 13.8 Å². The van der Waals surface area contributed by atoms with Crippen LogP contribution in [0.25, 0.3) is 0 Å². The molecule has 0 aromatic heterocycles. The molecular formula is C16H24N4O2. The molecule has 1 aromatic rings. The summed E-state index contributed by atoms with van der Waals surface area (Å²) in [5.74, 6) is 0.0239. The lowest BCUT2D eigenvalue weighted by Crippen LogP contribution is -2.34. The van der Waals surface area contributed by atoms with Gasteiger partial charge in [-0.25, -0.2) is 4.79 Å². The zero-order chi connectivity index (χ0) is 16.1. The maximum absolute atomic E-state index is 12.1. The Morgan fingerprint density at radius 2 is 1.68 bits per heavy atom. The molecule has 5 N–H and O–H groups in total. The third-order valence-electron chi connectivity index (χ3n) is 3.67. The molecule has 0 aliphatic heterocycles. The molecule has 2 unspecified atom stereocenters. The van der Waals surface area contributed by atoms with Crippen molar-refractivity contribution in [1.82, 2.24) is 5.32 Å². The lowest BCUT2D eigenvalue weighted by Gasteiger charge is -2.12. The van der Waals surface area contributed by atoms with Crippen LogP contribution in [0.15, 0.2) is 24.3 Å². The number of nitrogens with two attached hydrogens (primary N) is 1. The van der Waals surface area contributed by atoms with Crippen molar-refractivity contribution in [3.05, 3.63) is 24.3 Å². The van der Waals surface area contributed by atoms with Gasteiger partial charge in [0, 0.05) is 29.4 Å². The fraction of sp³-hybridized carbons (Fsp3) is 0.500. The van der Waals surface area contributed by atoms with Gasteiger partial charge in [0.2, 0.25) is 5.91 Å². The molecule has 1 fully saturated rings. The van der Waals surface area contributed by atoms with Gasteiger partial charge in [-0.3, -0.25) is 4.79 Å². The number of hydrogen-bond acceptors (Lipinski definition) is 3. The molecule has 1 saturated carbocycles. The third kappa shape index (κ3) is 4.73. The van der Waals surface area contributed by atoms with Gasteiger partial charge in [-0.15, -0.1) is 0 Å². The van der Waals surface area contributed by atoms with Crippen molar-refractivity contribution < 1.29 is 9.59 Å². The molecule has 6 heteroatoms. The van der Waals surface area contributed by atoms with Crippen LogP contribution < -0.4 is 21.7 Å². The van der Waals surface area contributed by atoms with E-state index in [-0.39, 0.29) is 29.9 Å². The summed E-state index contributed by atoms with van der Waals surface area (Å²) in [6.07, 6.45) is 2.51. The molecule has 1 aromatic carbocycles. The Labute approximate surface area is 130 Å². The lowest BCUT2D eigenvalue weighted by molar-refractivity contribution is -0.119. The molecule has 0 heterocycles. The number of carbonyl (C=O) groups is 2. The summed E-state index contributed by atoms with van der Waals surface area (Å²) in [5.41, 5.74) is 7.23. The largest absolute Gasteiger partial charge is 0.336 e. The van der Waals surface area contributed by atoms with Crippen LogP contribution in [0, 0.1) is 5.92 Å². The smallest absolute Gasteiger partial charge is 0.319 e. The number of hydrogen-bond donors (Lipinski definition) is 4. The van der Waals surface area contributed by atoms with E-state index in [9.17, 15) is 9.59 Å². The normalized spacial score (nSPS) is 20.7. The van der Waals surface area contributed by atoms with Crippen molar-refractivity contribution in [1.29, 1.82) is 0 Å². The molecule has 2 rings (SSSR count). The highest BCUT2D eigenvalue weighted by atomic mass is 16.2. The minimum Gasteiger partial charge on any atom is -0.336 e. The SMILES string of the molecule is CC(C)NC(=O)Nc1ccc(NC(=O)C2CCC(N)C2)cc1. The molecule has 3 amide bonds. The van der Waals surface area contributed by atoms with Gasteiger partial charge in [0.25, 0.3) is 0 Å². The minimum atomic E-state index is -0.244. The van der Waals surface area contributed by atoms with E-state index in [1.54, 1.807) is 24.3 Å². The average Bonchev–Trinajstić information content (AvgIpc) is 2.87. The molecule has 2 atom stereocenters. The third-order valence-corrected chi connectivity index (χ3v) is 3.67. The first-order valence-electron chi connectivity index (χ1n) is 7.68. The second-order valence-corrected chi connectivity index (χ2v) is 6.09. The van der Waals surface area contributed by atoms with Gasteiger partial charge in [0.15, 0.2) is 0 Å². The number of rotatable bonds is 4. The molecule has 1 aliphatic rings. The van der Waals surface area contributed by atoms with E-state index in [2.05, 4.69) is 16.0 Å². The molecule has 0 bridgehead atoms. The Morgan fingerprint density at radius 1 is 1.09 bits per heavy atom. The molecule has 0 spiro atoms. The van der Waals surface area contributed by atoms with Crippen molar-refractivity contribution in [2.24, 2.45) is 11.7 Å². The summed E-state index contributed by atoms with van der Waals surface area (Å²) in [5, 5.41) is 8.38. The predicted octanol–water partition coefficient (Wildman–Crippen LogP) is 2.28. The Balaban J connectivity index is 1.86. The van der Waals surface area contributed by atoms with Gasteiger partial charge < -0.3 is 21.7 Å². The lowest BCUT2D eigenvalue weighted by atomic mass is 10.1. The number of amides is 3. The summed E-state index contributed by atoms with van der Waals surface area (Å²) >= 11 is 0. The number of benzene rings is 1. The highest BCUT2D eigenvalue weighted by Gasteiger charge is 2.27. The van der Waals surface area contributed by atoms with Crippen molar-refractivity contribution in [3.63, 3.8) is 0 Å². The number of nitrogens with one attached hydrogen (secondary N) is 3. The highest BCUT2D eigenvalue weighted by Crippen LogP contribution is 2.25. The van der Waals surface area contributed by atoms with E-state index in [1.165, 1.54) is 0 Å². The van der Waals surface area contributed by atoms with Crippen molar-refractivity contribution in [2.75, 3.05) is 10.6 Å². The first kappa shape index (κ1) is 16.3. The Morgan fingerprint density at radius 3 is 2.18 bits per heavy atom. The predicted molar refractivity (Wildman–Crippen MR) is 87.7 cm³/mol. The molecule has 0 saturated heterocycles. The van der Waals surface area contributed by atoms with Crippen LogP contribution in [0.3, 0.4) is 0 Å². The fourth-order valence-electron chi connectivity index (χ4n) is 2.57. The van der Waals surface area contributed by atoms with Gasteiger partial charge in [-0.05, 0) is 57.4 Å². The molecule has 120 valence electrons. The first-order chi connectivity index (χ1) is 10.4. The van der Waals surface area contributed by atoms with Crippen LogP contribution in [0.1, 0.15) is 33.1 Å². The van der Waals surface area contributed by atoms with Crippen LogP contribution >= 0.6 is 0 Å². The summed E-state index contributed by atoms with van der Waals surface area (Å²) < 4.78 is 0. The maximum Gasteiger partial charge on any atom is 0.319 e. The minimum absolute atomic E-state index is 0.00428. The van der Waals surface area contributed by atoms with Gasteiger partial charge in [-0.1, -0.05) is 0 Å². The standard InChI is InChI=1S/C16H24N4O2/c1-10(2)18-16(22)20-14-7-5-13(6-8-14)19-15(21)11-3-4-12(17)9-11/h5-8,10-12H,3-4,9,17H2,1-2H3,(H,19,21)(H2,18,20,22). The van der Waals surface area contributed by atoms with E-state index in [0.29, 0.717) is 5.69 Å². The molecule has 0 radical (unpaired) electrons. The van der Waals surface area contributed by atoms with Crippen molar-refractivity contribution in [2.45, 2.75) is 45.2 Å². The van der Waals surface area contributed by atoms with Crippen LogP contribution in [0.4, 0.5) is 16.2 Å². The molecule has 1 aliphatic carbocycles. The van der Waals surface area contributed by atoms with E-state index in [4.69, 9.17) is 5.73 Å². The van der Waals surface area contributed by atoms with Gasteiger partial charge >= 0.3 is 6.03 Å². The Kier molecular flexibility index (Phi) is 5.38. The highest BCUT2D eigenvalue weighted by molar-refractivity contribution is 5.93. The summed E-state index contributed by atoms with van der Waals surface area (Å²) in [6.45, 7) is 3.79. The Hall–Kier alpha value is -2.08. The number of urea groups is 1. The fourth-order valence-corrected chi connectivity index (χ4v) is 2.57. The van der Waals surface area contributed by atoms with Gasteiger partial charge in [0.1, 0.15) is 0 Å². The summed E-state index contributed by atoms with van der Waals surface area (Å²) in [7, 11) is 0. The van der Waals surface area contributed by atoms with Crippen LogP contribution in [-0.2, 0) is 4.79 Å². The zero-order valence-electron chi connectivity index (χ0n) is 13.1. The number of anilines is 2. The first-order valence-corrected chi connectivity index (χ1v) is 7.68. The zero-order valence-corrected chi connectivity index (χ0v) is 13.1. The quantitative estimate of drug-likeness (QED) is 0.687. The average molecular weight is 304 g/mol. The second kappa shape index (κ2) is 7.26. The van der Waals surface area contributed by atoms with E-state index >= 15 is 0 Å². The van der Waals surface area contributed by atoms with E-state index < -0.39 is 0 Å². The topological polar surface area (TPSA) is 96.2 Å². The number of carbonyl (C=O) groups excluding carboxylic acids is 2.